The fourth-order valence-electron chi connectivity index (χ4n) is 1.02. The molecule has 0 heterocycles. The van der Waals surface area contributed by atoms with Gasteiger partial charge in [-0.15, -0.1) is 0 Å². The predicted octanol–water partition coefficient (Wildman–Crippen LogP) is 2.94. The number of carbonyl (C=O) groups excluding carboxylic acids is 1. The summed E-state index contributed by atoms with van der Waals surface area (Å²) < 4.78 is 0.756. The van der Waals surface area contributed by atoms with Crippen LogP contribution in [-0.4, -0.2) is 10.9 Å². The molecule has 0 spiro atoms. The highest BCUT2D eigenvalue weighted by Gasteiger charge is 2.08. The Bertz CT molecular complexity index is 350. The van der Waals surface area contributed by atoms with Gasteiger partial charge in [0, 0.05) is 16.5 Å². The Balaban J connectivity index is 3.12. The van der Waals surface area contributed by atoms with E-state index in [0.717, 1.165) is 4.47 Å². The quantitative estimate of drug-likeness (QED) is 0.891. The lowest BCUT2D eigenvalue weighted by Crippen LogP contribution is -1.96. The summed E-state index contributed by atoms with van der Waals surface area (Å²) in [6.07, 6.45) is 0.199. The van der Waals surface area contributed by atoms with Gasteiger partial charge in [0.25, 0.3) is 0 Å². The number of benzene rings is 1. The maximum Gasteiger partial charge on any atom is 0.137 e. The highest BCUT2D eigenvalue weighted by Crippen LogP contribution is 2.31. The number of ketones is 1. The van der Waals surface area contributed by atoms with Crippen molar-refractivity contribution in [3.63, 3.8) is 0 Å². The van der Waals surface area contributed by atoms with Gasteiger partial charge in [-0.1, -0.05) is 27.5 Å². The van der Waals surface area contributed by atoms with Gasteiger partial charge in [-0.3, -0.25) is 4.79 Å². The summed E-state index contributed by atoms with van der Waals surface area (Å²) in [5, 5.41) is 9.72. The smallest absolute Gasteiger partial charge is 0.137 e. The van der Waals surface area contributed by atoms with Crippen LogP contribution in [0.15, 0.2) is 16.6 Å². The first-order valence-electron chi connectivity index (χ1n) is 3.67. The summed E-state index contributed by atoms with van der Waals surface area (Å²) in [6, 6.07) is 3.27. The van der Waals surface area contributed by atoms with Crippen molar-refractivity contribution < 1.29 is 9.90 Å². The molecule has 1 aromatic rings. The van der Waals surface area contributed by atoms with E-state index in [9.17, 15) is 9.90 Å². The topological polar surface area (TPSA) is 37.3 Å². The van der Waals surface area contributed by atoms with Crippen LogP contribution in [0.1, 0.15) is 12.5 Å². The minimum absolute atomic E-state index is 0.00975. The normalized spacial score (nSPS) is 10.1. The standard InChI is InChI=1S/C9H8BrClO2/c1-5(12)2-6-3-7(10)4-8(11)9(6)13/h3-4,13H,2H2,1H3. The van der Waals surface area contributed by atoms with Crippen LogP contribution in [-0.2, 0) is 11.2 Å². The first-order valence-corrected chi connectivity index (χ1v) is 4.84. The number of phenols is 1. The van der Waals surface area contributed by atoms with Crippen LogP contribution in [0.5, 0.6) is 5.75 Å². The van der Waals surface area contributed by atoms with Gasteiger partial charge in [-0.05, 0) is 19.1 Å². The van der Waals surface area contributed by atoms with Crippen LogP contribution >= 0.6 is 27.5 Å². The van der Waals surface area contributed by atoms with Crippen LogP contribution in [0, 0.1) is 0 Å². The molecule has 2 nitrogen and oxygen atoms in total. The third-order valence-electron chi connectivity index (χ3n) is 1.55. The zero-order valence-corrected chi connectivity index (χ0v) is 9.32. The van der Waals surface area contributed by atoms with E-state index in [1.807, 2.05) is 0 Å². The molecule has 0 saturated heterocycles. The first kappa shape index (κ1) is 10.5. The van der Waals surface area contributed by atoms with E-state index in [4.69, 9.17) is 11.6 Å². The van der Waals surface area contributed by atoms with Crippen molar-refractivity contribution >= 4 is 33.3 Å². The zero-order chi connectivity index (χ0) is 10.0. The van der Waals surface area contributed by atoms with E-state index < -0.39 is 0 Å². The van der Waals surface area contributed by atoms with Crippen molar-refractivity contribution in [3.8, 4) is 5.75 Å². The first-order chi connectivity index (χ1) is 6.00. The van der Waals surface area contributed by atoms with Crippen LogP contribution in [0.25, 0.3) is 0 Å². The van der Waals surface area contributed by atoms with Crippen LogP contribution in [0.2, 0.25) is 5.02 Å². The summed E-state index contributed by atoms with van der Waals surface area (Å²) >= 11 is 8.94. The summed E-state index contributed by atoms with van der Waals surface area (Å²) in [5.74, 6) is -0.0236. The molecule has 13 heavy (non-hydrogen) atoms. The molecule has 0 atom stereocenters. The zero-order valence-electron chi connectivity index (χ0n) is 6.97. The second kappa shape index (κ2) is 4.11. The van der Waals surface area contributed by atoms with Crippen molar-refractivity contribution in [1.29, 1.82) is 0 Å². The molecule has 1 aromatic carbocycles. The monoisotopic (exact) mass is 262 g/mol. The predicted molar refractivity (Wildman–Crippen MR) is 55.2 cm³/mol. The number of aromatic hydroxyl groups is 1. The molecule has 0 aliphatic rings. The number of carbonyl (C=O) groups is 1. The molecule has 4 heteroatoms. The molecule has 70 valence electrons. The minimum atomic E-state index is -0.0138. The van der Waals surface area contributed by atoms with Gasteiger partial charge in [0.05, 0.1) is 5.02 Å². The molecule has 0 fully saturated rings. The number of halogens is 2. The molecule has 0 aliphatic carbocycles. The Morgan fingerprint density at radius 3 is 2.77 bits per heavy atom. The molecule has 0 aromatic heterocycles. The molecular weight excluding hydrogens is 255 g/mol. The number of phenolic OH excluding ortho intramolecular Hbond substituents is 1. The Hall–Kier alpha value is -0.540. The van der Waals surface area contributed by atoms with Crippen molar-refractivity contribution in [2.75, 3.05) is 0 Å². The molecule has 1 rings (SSSR count). The minimum Gasteiger partial charge on any atom is -0.506 e. The highest BCUT2D eigenvalue weighted by molar-refractivity contribution is 9.10. The van der Waals surface area contributed by atoms with Crippen molar-refractivity contribution in [1.82, 2.24) is 0 Å². The van der Waals surface area contributed by atoms with E-state index in [2.05, 4.69) is 15.9 Å². The molecule has 0 amide bonds. The molecule has 0 bridgehead atoms. The van der Waals surface area contributed by atoms with E-state index in [-0.39, 0.29) is 23.0 Å². The average Bonchev–Trinajstić information content (AvgIpc) is 1.98. The van der Waals surface area contributed by atoms with E-state index >= 15 is 0 Å². The Morgan fingerprint density at radius 1 is 1.62 bits per heavy atom. The Morgan fingerprint density at radius 2 is 2.23 bits per heavy atom. The Labute approximate surface area is 89.7 Å². The third-order valence-corrected chi connectivity index (χ3v) is 2.29. The van der Waals surface area contributed by atoms with Gasteiger partial charge >= 0.3 is 0 Å². The molecule has 0 unspecified atom stereocenters. The summed E-state index contributed by atoms with van der Waals surface area (Å²) in [6.45, 7) is 1.47. The van der Waals surface area contributed by atoms with Crippen LogP contribution in [0.3, 0.4) is 0 Å². The lowest BCUT2D eigenvalue weighted by atomic mass is 10.1. The van der Waals surface area contributed by atoms with Gasteiger partial charge < -0.3 is 5.11 Å². The molecule has 0 radical (unpaired) electrons. The molecular formula is C9H8BrClO2. The summed E-state index contributed by atoms with van der Waals surface area (Å²) in [7, 11) is 0. The van der Waals surface area contributed by atoms with E-state index in [1.165, 1.54) is 6.92 Å². The number of hydrogen-bond donors (Lipinski definition) is 1. The fraction of sp³-hybridized carbons (Fsp3) is 0.222. The van der Waals surface area contributed by atoms with Crippen LogP contribution in [0.4, 0.5) is 0 Å². The Kier molecular flexibility index (Phi) is 3.33. The lowest BCUT2D eigenvalue weighted by Gasteiger charge is -2.04. The maximum absolute atomic E-state index is 10.8. The summed E-state index contributed by atoms with van der Waals surface area (Å²) in [5.41, 5.74) is 0.548. The van der Waals surface area contributed by atoms with Crippen LogP contribution < -0.4 is 0 Å². The van der Waals surface area contributed by atoms with E-state index in [0.29, 0.717) is 5.56 Å². The second-order valence-electron chi connectivity index (χ2n) is 2.77. The fourth-order valence-corrected chi connectivity index (χ4v) is 1.90. The van der Waals surface area contributed by atoms with Crippen molar-refractivity contribution in [2.45, 2.75) is 13.3 Å². The lowest BCUT2D eigenvalue weighted by molar-refractivity contribution is -0.116. The SMILES string of the molecule is CC(=O)Cc1cc(Br)cc(Cl)c1O. The van der Waals surface area contributed by atoms with Gasteiger partial charge in [0.2, 0.25) is 0 Å². The van der Waals surface area contributed by atoms with Crippen molar-refractivity contribution in [3.05, 3.63) is 27.2 Å². The van der Waals surface area contributed by atoms with E-state index in [1.54, 1.807) is 12.1 Å². The van der Waals surface area contributed by atoms with Gasteiger partial charge in [-0.25, -0.2) is 0 Å². The molecule has 1 N–H and O–H groups in total. The molecule has 0 saturated carbocycles. The second-order valence-corrected chi connectivity index (χ2v) is 4.10. The number of hydrogen-bond acceptors (Lipinski definition) is 2. The number of rotatable bonds is 2. The van der Waals surface area contributed by atoms with Crippen molar-refractivity contribution in [2.24, 2.45) is 0 Å². The maximum atomic E-state index is 10.8. The number of Topliss-reactive ketones (excluding diaryl/α,β-unsaturated/α-hetero) is 1. The summed E-state index contributed by atoms with van der Waals surface area (Å²) in [4.78, 5) is 10.8. The third kappa shape index (κ3) is 2.71. The average molecular weight is 264 g/mol. The van der Waals surface area contributed by atoms with Gasteiger partial charge in [0.15, 0.2) is 0 Å². The molecule has 0 aliphatic heterocycles. The highest BCUT2D eigenvalue weighted by atomic mass is 79.9. The van der Waals surface area contributed by atoms with Gasteiger partial charge in [0.1, 0.15) is 11.5 Å². The largest absolute Gasteiger partial charge is 0.506 e. The van der Waals surface area contributed by atoms with Gasteiger partial charge in [-0.2, -0.15) is 0 Å².